The Hall–Kier alpha value is -2.94. The molecule has 0 spiro atoms. The molecule has 6 nitrogen and oxygen atoms in total. The molecule has 2 rings (SSSR count). The van der Waals surface area contributed by atoms with Gasteiger partial charge < -0.3 is 19.7 Å². The summed E-state index contributed by atoms with van der Waals surface area (Å²) in [4.78, 5) is 25.5. The van der Waals surface area contributed by atoms with Gasteiger partial charge in [-0.3, -0.25) is 9.59 Å². The molecule has 156 valence electrons. The van der Waals surface area contributed by atoms with Crippen molar-refractivity contribution >= 4 is 29.1 Å². The summed E-state index contributed by atoms with van der Waals surface area (Å²) in [5, 5.41) is 2.68. The fourth-order valence-corrected chi connectivity index (χ4v) is 2.25. The van der Waals surface area contributed by atoms with Crippen LogP contribution in [0.4, 0.5) is 18.9 Å². The lowest BCUT2D eigenvalue weighted by Crippen LogP contribution is -2.27. The number of anilines is 1. The highest BCUT2D eigenvalue weighted by atomic mass is 35.5. The van der Waals surface area contributed by atoms with Crippen LogP contribution in [0.3, 0.4) is 0 Å². The molecule has 0 saturated heterocycles. The van der Waals surface area contributed by atoms with Gasteiger partial charge >= 0.3 is 6.18 Å². The lowest BCUT2D eigenvalue weighted by molar-refractivity contribution is -0.153. The molecule has 0 fully saturated rings. The first kappa shape index (κ1) is 22.4. The maximum absolute atomic E-state index is 12.5. The van der Waals surface area contributed by atoms with Gasteiger partial charge in [-0.05, 0) is 36.4 Å². The number of nitrogens with one attached hydrogen (secondary N) is 1. The van der Waals surface area contributed by atoms with E-state index in [4.69, 9.17) is 21.1 Å². The monoisotopic (exact) mass is 430 g/mol. The molecular formula is C19H18ClF3N2O4. The van der Waals surface area contributed by atoms with Gasteiger partial charge in [0.15, 0.2) is 13.2 Å². The summed E-state index contributed by atoms with van der Waals surface area (Å²) < 4.78 is 47.4. The van der Waals surface area contributed by atoms with Crippen LogP contribution in [0.5, 0.6) is 11.5 Å². The molecule has 0 radical (unpaired) electrons. The Balaban J connectivity index is 2.13. The van der Waals surface area contributed by atoms with E-state index in [9.17, 15) is 22.8 Å². The third-order valence-electron chi connectivity index (χ3n) is 3.54. The van der Waals surface area contributed by atoms with Crippen molar-refractivity contribution < 1.29 is 32.2 Å². The lowest BCUT2D eigenvalue weighted by Gasteiger charge is -2.15. The fourth-order valence-electron chi connectivity index (χ4n) is 2.08. The summed E-state index contributed by atoms with van der Waals surface area (Å²) in [6.45, 7) is -1.72. The van der Waals surface area contributed by atoms with Crippen molar-refractivity contribution in [2.24, 2.45) is 0 Å². The molecule has 0 aromatic heterocycles. The van der Waals surface area contributed by atoms with E-state index in [-0.39, 0.29) is 40.3 Å². The first-order valence-corrected chi connectivity index (χ1v) is 8.66. The number of rotatable bonds is 7. The van der Waals surface area contributed by atoms with Gasteiger partial charge in [0.05, 0.1) is 5.69 Å². The van der Waals surface area contributed by atoms with Crippen molar-refractivity contribution in [1.82, 2.24) is 4.90 Å². The zero-order valence-electron chi connectivity index (χ0n) is 15.5. The Morgan fingerprint density at radius 3 is 2.48 bits per heavy atom. The van der Waals surface area contributed by atoms with Crippen LogP contribution >= 0.6 is 11.6 Å². The highest BCUT2D eigenvalue weighted by molar-refractivity contribution is 6.31. The second kappa shape index (κ2) is 9.51. The Morgan fingerprint density at radius 2 is 1.83 bits per heavy atom. The molecule has 0 aliphatic heterocycles. The van der Waals surface area contributed by atoms with Crippen LogP contribution < -0.4 is 14.8 Å². The average Bonchev–Trinajstić information content (AvgIpc) is 2.64. The van der Waals surface area contributed by atoms with E-state index in [1.807, 2.05) is 0 Å². The summed E-state index contributed by atoms with van der Waals surface area (Å²) in [5.41, 5.74) is 0.155. The zero-order valence-corrected chi connectivity index (χ0v) is 16.3. The Morgan fingerprint density at radius 1 is 1.10 bits per heavy atom. The normalized spacial score (nSPS) is 11.0. The summed E-state index contributed by atoms with van der Waals surface area (Å²) in [6.07, 6.45) is -4.53. The second-order valence-corrected chi connectivity index (χ2v) is 6.54. The van der Waals surface area contributed by atoms with Crippen LogP contribution in [-0.4, -0.2) is 50.2 Å². The average molecular weight is 431 g/mol. The molecule has 1 N–H and O–H groups in total. The van der Waals surface area contributed by atoms with Gasteiger partial charge in [-0.2, -0.15) is 13.2 Å². The Bertz CT molecular complexity index is 888. The van der Waals surface area contributed by atoms with Crippen molar-refractivity contribution in [3.8, 4) is 11.5 Å². The first-order valence-electron chi connectivity index (χ1n) is 8.28. The summed E-state index contributed by atoms with van der Waals surface area (Å²) in [7, 11) is 3.16. The van der Waals surface area contributed by atoms with Crippen LogP contribution in [0.1, 0.15) is 10.4 Å². The van der Waals surface area contributed by atoms with Crippen LogP contribution in [0, 0.1) is 0 Å². The van der Waals surface area contributed by atoms with Gasteiger partial charge in [0.1, 0.15) is 11.5 Å². The molecule has 0 saturated carbocycles. The van der Waals surface area contributed by atoms with Crippen LogP contribution in [0.2, 0.25) is 5.02 Å². The lowest BCUT2D eigenvalue weighted by atomic mass is 10.2. The number of hydrogen-bond donors (Lipinski definition) is 1. The minimum absolute atomic E-state index is 0.0131. The maximum Gasteiger partial charge on any atom is 0.422 e. The van der Waals surface area contributed by atoms with Crippen LogP contribution in [-0.2, 0) is 4.79 Å². The van der Waals surface area contributed by atoms with E-state index in [2.05, 4.69) is 5.32 Å². The van der Waals surface area contributed by atoms with Crippen molar-refractivity contribution in [2.75, 3.05) is 32.6 Å². The molecule has 10 heteroatoms. The largest absolute Gasteiger partial charge is 0.484 e. The number of ether oxygens (including phenoxy) is 2. The number of amides is 2. The third-order valence-corrected chi connectivity index (χ3v) is 3.77. The molecule has 0 heterocycles. The fraction of sp³-hybridized carbons (Fsp3) is 0.263. The van der Waals surface area contributed by atoms with Crippen molar-refractivity contribution in [1.29, 1.82) is 0 Å². The molecule has 0 atom stereocenters. The van der Waals surface area contributed by atoms with Gasteiger partial charge in [0, 0.05) is 24.7 Å². The quantitative estimate of drug-likeness (QED) is 0.721. The topological polar surface area (TPSA) is 67.9 Å². The third kappa shape index (κ3) is 7.19. The van der Waals surface area contributed by atoms with Gasteiger partial charge in [0.2, 0.25) is 0 Å². The second-order valence-electron chi connectivity index (χ2n) is 6.10. The minimum Gasteiger partial charge on any atom is -0.484 e. The van der Waals surface area contributed by atoms with E-state index in [0.29, 0.717) is 0 Å². The smallest absolute Gasteiger partial charge is 0.422 e. The van der Waals surface area contributed by atoms with Crippen molar-refractivity contribution in [3.63, 3.8) is 0 Å². The van der Waals surface area contributed by atoms with Crippen LogP contribution in [0.15, 0.2) is 42.5 Å². The van der Waals surface area contributed by atoms with Gasteiger partial charge in [-0.25, -0.2) is 0 Å². The zero-order chi connectivity index (χ0) is 21.6. The number of hydrogen-bond acceptors (Lipinski definition) is 4. The number of nitrogens with zero attached hydrogens (tertiary/aromatic N) is 1. The molecule has 2 amide bonds. The number of benzene rings is 2. The molecule has 0 aliphatic carbocycles. The van der Waals surface area contributed by atoms with Gasteiger partial charge in [-0.15, -0.1) is 0 Å². The van der Waals surface area contributed by atoms with E-state index in [1.54, 1.807) is 26.2 Å². The summed E-state index contributed by atoms with van der Waals surface area (Å²) >= 11 is 5.87. The molecule has 2 aromatic rings. The summed E-state index contributed by atoms with van der Waals surface area (Å²) in [5.74, 6) is -0.768. The van der Waals surface area contributed by atoms with E-state index in [1.165, 1.54) is 35.2 Å². The standard InChI is InChI=1S/C19H18ClF3N2O4/c1-25(2)17(26)10-28-14-5-3-4-12(8-14)18(27)24-15-9-13(20)6-7-16(15)29-11-19(21,22)23/h3-9H,10-11H2,1-2H3,(H,24,27). The number of alkyl halides is 3. The number of carbonyl (C=O) groups excluding carboxylic acids is 2. The molecular weight excluding hydrogens is 413 g/mol. The predicted molar refractivity (Wildman–Crippen MR) is 102 cm³/mol. The van der Waals surface area contributed by atoms with E-state index in [0.717, 1.165) is 0 Å². The van der Waals surface area contributed by atoms with Crippen molar-refractivity contribution in [3.05, 3.63) is 53.1 Å². The minimum atomic E-state index is -4.53. The highest BCUT2D eigenvalue weighted by Crippen LogP contribution is 2.30. The first-order chi connectivity index (χ1) is 13.5. The van der Waals surface area contributed by atoms with E-state index >= 15 is 0 Å². The van der Waals surface area contributed by atoms with Gasteiger partial charge in [0.25, 0.3) is 11.8 Å². The molecule has 0 bridgehead atoms. The number of likely N-dealkylation sites (N-methyl/N-ethyl adjacent to an activating group) is 1. The molecule has 0 aliphatic rings. The predicted octanol–water partition coefficient (Wildman–Crippen LogP) is 4.00. The van der Waals surface area contributed by atoms with Crippen molar-refractivity contribution in [2.45, 2.75) is 6.18 Å². The highest BCUT2D eigenvalue weighted by Gasteiger charge is 2.29. The molecule has 0 unspecified atom stereocenters. The maximum atomic E-state index is 12.5. The van der Waals surface area contributed by atoms with Crippen LogP contribution in [0.25, 0.3) is 0 Å². The number of halogens is 4. The molecule has 29 heavy (non-hydrogen) atoms. The number of carbonyl (C=O) groups is 2. The Labute approximate surface area is 170 Å². The Kier molecular flexibility index (Phi) is 7.33. The summed E-state index contributed by atoms with van der Waals surface area (Å²) in [6, 6.07) is 9.85. The van der Waals surface area contributed by atoms with E-state index < -0.39 is 18.7 Å². The SMILES string of the molecule is CN(C)C(=O)COc1cccc(C(=O)Nc2cc(Cl)ccc2OCC(F)(F)F)c1. The van der Waals surface area contributed by atoms with Gasteiger partial charge in [-0.1, -0.05) is 17.7 Å². The molecule has 2 aromatic carbocycles.